The fraction of sp³-hybridized carbons (Fsp3) is 0.467. The molecular formula is C15H20N4OS. The topological polar surface area (TPSA) is 72.9 Å². The third-order valence-electron chi connectivity index (χ3n) is 3.75. The Morgan fingerprint density at radius 3 is 3.05 bits per heavy atom. The molecule has 1 aliphatic carbocycles. The molecule has 0 bridgehead atoms. The highest BCUT2D eigenvalue weighted by atomic mass is 32.1. The third-order valence-corrected chi connectivity index (χ3v) is 4.99. The average molecular weight is 304 g/mol. The Kier molecular flexibility index (Phi) is 4.24. The summed E-state index contributed by atoms with van der Waals surface area (Å²) in [6.07, 6.45) is 9.40. The molecular weight excluding hydrogens is 284 g/mol. The van der Waals surface area contributed by atoms with E-state index in [9.17, 15) is 4.79 Å². The first-order valence-electron chi connectivity index (χ1n) is 7.40. The van der Waals surface area contributed by atoms with Crippen LogP contribution in [0, 0.1) is 0 Å². The van der Waals surface area contributed by atoms with Crippen molar-refractivity contribution in [3.63, 3.8) is 0 Å². The van der Waals surface area contributed by atoms with E-state index < -0.39 is 0 Å². The van der Waals surface area contributed by atoms with E-state index in [0.717, 1.165) is 17.7 Å². The fourth-order valence-electron chi connectivity index (χ4n) is 2.65. The van der Waals surface area contributed by atoms with Gasteiger partial charge in [-0.15, -0.1) is 11.3 Å². The lowest BCUT2D eigenvalue weighted by molar-refractivity contribution is 0.0956. The SMILES string of the molecule is Nc1cnn(CCNC(=O)c2cc3c(s2)CCCCC3)c1. The van der Waals surface area contributed by atoms with Crippen LogP contribution >= 0.6 is 11.3 Å². The molecule has 3 N–H and O–H groups in total. The number of thiophene rings is 1. The van der Waals surface area contributed by atoms with Crippen LogP contribution in [0.5, 0.6) is 0 Å². The number of carbonyl (C=O) groups is 1. The van der Waals surface area contributed by atoms with Crippen molar-refractivity contribution in [2.24, 2.45) is 0 Å². The zero-order valence-electron chi connectivity index (χ0n) is 12.0. The van der Waals surface area contributed by atoms with E-state index in [0.29, 0.717) is 18.8 Å². The largest absolute Gasteiger partial charge is 0.396 e. The van der Waals surface area contributed by atoms with Gasteiger partial charge in [-0.2, -0.15) is 5.10 Å². The molecule has 0 saturated carbocycles. The first kappa shape index (κ1) is 14.1. The first-order valence-corrected chi connectivity index (χ1v) is 8.22. The normalized spacial score (nSPS) is 14.5. The quantitative estimate of drug-likeness (QED) is 0.851. The molecule has 0 unspecified atom stereocenters. The van der Waals surface area contributed by atoms with Crippen molar-refractivity contribution in [2.75, 3.05) is 12.3 Å². The fourth-order valence-corrected chi connectivity index (χ4v) is 3.82. The lowest BCUT2D eigenvalue weighted by Gasteiger charge is -2.03. The van der Waals surface area contributed by atoms with Gasteiger partial charge in [-0.25, -0.2) is 0 Å². The van der Waals surface area contributed by atoms with Gasteiger partial charge in [-0.05, 0) is 37.3 Å². The molecule has 0 saturated heterocycles. The second kappa shape index (κ2) is 6.30. The van der Waals surface area contributed by atoms with Gasteiger partial charge in [0.05, 0.1) is 23.3 Å². The molecule has 6 heteroatoms. The number of hydrogen-bond acceptors (Lipinski definition) is 4. The summed E-state index contributed by atoms with van der Waals surface area (Å²) in [5.74, 6) is 0.0215. The molecule has 1 amide bonds. The molecule has 112 valence electrons. The summed E-state index contributed by atoms with van der Waals surface area (Å²) in [4.78, 5) is 14.4. The monoisotopic (exact) mass is 304 g/mol. The predicted molar refractivity (Wildman–Crippen MR) is 84.6 cm³/mol. The van der Waals surface area contributed by atoms with Gasteiger partial charge in [0.2, 0.25) is 0 Å². The summed E-state index contributed by atoms with van der Waals surface area (Å²) >= 11 is 1.65. The number of aryl methyl sites for hydroxylation is 2. The Balaban J connectivity index is 1.55. The van der Waals surface area contributed by atoms with E-state index >= 15 is 0 Å². The molecule has 2 aromatic rings. The van der Waals surface area contributed by atoms with Crippen LogP contribution < -0.4 is 11.1 Å². The van der Waals surface area contributed by atoms with Crippen LogP contribution in [-0.4, -0.2) is 22.2 Å². The van der Waals surface area contributed by atoms with Crippen molar-refractivity contribution in [2.45, 2.75) is 38.6 Å². The van der Waals surface area contributed by atoms with E-state index in [-0.39, 0.29) is 5.91 Å². The number of nitrogens with one attached hydrogen (secondary N) is 1. The maximum atomic E-state index is 12.2. The highest BCUT2D eigenvalue weighted by Crippen LogP contribution is 2.28. The molecule has 0 fully saturated rings. The van der Waals surface area contributed by atoms with Gasteiger partial charge in [0.15, 0.2) is 0 Å². The smallest absolute Gasteiger partial charge is 0.261 e. The van der Waals surface area contributed by atoms with Crippen LogP contribution in [0.15, 0.2) is 18.5 Å². The van der Waals surface area contributed by atoms with Gasteiger partial charge in [-0.3, -0.25) is 9.48 Å². The van der Waals surface area contributed by atoms with Crippen molar-refractivity contribution in [1.82, 2.24) is 15.1 Å². The zero-order valence-corrected chi connectivity index (χ0v) is 12.8. The molecule has 2 heterocycles. The van der Waals surface area contributed by atoms with Crippen LogP contribution in [0.4, 0.5) is 5.69 Å². The van der Waals surface area contributed by atoms with Gasteiger partial charge >= 0.3 is 0 Å². The molecule has 0 atom stereocenters. The van der Waals surface area contributed by atoms with Gasteiger partial charge in [0.1, 0.15) is 0 Å². The van der Waals surface area contributed by atoms with Crippen molar-refractivity contribution in [1.29, 1.82) is 0 Å². The number of carbonyl (C=O) groups excluding carboxylic acids is 1. The molecule has 0 spiro atoms. The lowest BCUT2D eigenvalue weighted by atomic mass is 10.1. The predicted octanol–water partition coefficient (Wildman–Crippen LogP) is 2.23. The minimum absolute atomic E-state index is 0.0215. The lowest BCUT2D eigenvalue weighted by Crippen LogP contribution is -2.26. The van der Waals surface area contributed by atoms with Crippen LogP contribution in [0.3, 0.4) is 0 Å². The average Bonchev–Trinajstić information content (AvgIpc) is 3.00. The number of nitrogens with zero attached hydrogens (tertiary/aromatic N) is 2. The van der Waals surface area contributed by atoms with Crippen LogP contribution in [0.1, 0.15) is 39.4 Å². The number of anilines is 1. The Labute approximate surface area is 128 Å². The van der Waals surface area contributed by atoms with Crippen LogP contribution in [0.2, 0.25) is 0 Å². The summed E-state index contributed by atoms with van der Waals surface area (Å²) < 4.78 is 1.74. The van der Waals surface area contributed by atoms with E-state index in [1.54, 1.807) is 28.4 Å². The van der Waals surface area contributed by atoms with Gasteiger partial charge in [0.25, 0.3) is 5.91 Å². The van der Waals surface area contributed by atoms with Crippen molar-refractivity contribution in [3.05, 3.63) is 33.8 Å². The molecule has 3 rings (SSSR count). The van der Waals surface area contributed by atoms with Crippen molar-refractivity contribution < 1.29 is 4.79 Å². The van der Waals surface area contributed by atoms with Gasteiger partial charge in [-0.1, -0.05) is 6.42 Å². The number of amides is 1. The molecule has 0 aliphatic heterocycles. The number of aromatic nitrogens is 2. The second-order valence-corrected chi connectivity index (χ2v) is 6.55. The highest BCUT2D eigenvalue weighted by molar-refractivity contribution is 7.14. The van der Waals surface area contributed by atoms with Gasteiger partial charge in [0, 0.05) is 17.6 Å². The Hall–Kier alpha value is -1.82. The number of fused-ring (bicyclic) bond motifs is 1. The second-order valence-electron chi connectivity index (χ2n) is 5.41. The van der Waals surface area contributed by atoms with E-state index in [2.05, 4.69) is 16.5 Å². The third kappa shape index (κ3) is 3.44. The van der Waals surface area contributed by atoms with Crippen LogP contribution in [0.25, 0.3) is 0 Å². The molecule has 5 nitrogen and oxygen atoms in total. The number of nitrogen functional groups attached to an aromatic ring is 1. The van der Waals surface area contributed by atoms with E-state index in [1.807, 2.05) is 0 Å². The molecule has 2 aromatic heterocycles. The number of nitrogens with two attached hydrogens (primary N) is 1. The Bertz CT molecular complexity index is 608. The maximum absolute atomic E-state index is 12.2. The number of rotatable bonds is 4. The summed E-state index contributed by atoms with van der Waals surface area (Å²) in [5, 5.41) is 7.04. The highest BCUT2D eigenvalue weighted by Gasteiger charge is 2.16. The standard InChI is InChI=1S/C15H20N4OS/c16-12-9-18-19(10-12)7-6-17-15(20)14-8-11-4-2-1-3-5-13(11)21-14/h8-10H,1-7,16H2,(H,17,20). The minimum Gasteiger partial charge on any atom is -0.396 e. The van der Waals surface area contributed by atoms with Crippen molar-refractivity contribution in [3.8, 4) is 0 Å². The minimum atomic E-state index is 0.0215. The molecule has 0 aromatic carbocycles. The molecule has 21 heavy (non-hydrogen) atoms. The van der Waals surface area contributed by atoms with E-state index in [4.69, 9.17) is 5.73 Å². The Morgan fingerprint density at radius 2 is 2.24 bits per heavy atom. The number of hydrogen-bond donors (Lipinski definition) is 2. The summed E-state index contributed by atoms with van der Waals surface area (Å²) in [5.41, 5.74) is 7.62. The Morgan fingerprint density at radius 1 is 1.38 bits per heavy atom. The van der Waals surface area contributed by atoms with Crippen LogP contribution in [-0.2, 0) is 19.4 Å². The summed E-state index contributed by atoms with van der Waals surface area (Å²) in [6, 6.07) is 2.08. The van der Waals surface area contributed by atoms with Crippen molar-refractivity contribution >= 4 is 22.9 Å². The summed E-state index contributed by atoms with van der Waals surface area (Å²) in [7, 11) is 0. The molecule has 1 aliphatic rings. The summed E-state index contributed by atoms with van der Waals surface area (Å²) in [6.45, 7) is 1.19. The maximum Gasteiger partial charge on any atom is 0.261 e. The van der Waals surface area contributed by atoms with E-state index in [1.165, 1.54) is 29.7 Å². The zero-order chi connectivity index (χ0) is 14.7. The molecule has 0 radical (unpaired) electrons. The first-order chi connectivity index (χ1) is 10.2. The van der Waals surface area contributed by atoms with Gasteiger partial charge < -0.3 is 11.1 Å².